The van der Waals surface area contributed by atoms with E-state index in [0.29, 0.717) is 6.42 Å². The summed E-state index contributed by atoms with van der Waals surface area (Å²) in [4.78, 5) is 0. The van der Waals surface area contributed by atoms with E-state index in [2.05, 4.69) is 4.72 Å². The third-order valence-electron chi connectivity index (χ3n) is 3.78. The van der Waals surface area contributed by atoms with Crippen molar-refractivity contribution in [2.45, 2.75) is 48.7 Å². The predicted molar refractivity (Wildman–Crippen MR) is 54.2 cm³/mol. The summed E-state index contributed by atoms with van der Waals surface area (Å²) in [5, 5.41) is 19.7. The van der Waals surface area contributed by atoms with Crippen molar-refractivity contribution in [3.05, 3.63) is 0 Å². The molecule has 92 valence electrons. The van der Waals surface area contributed by atoms with Crippen LogP contribution in [0.1, 0.15) is 19.3 Å². The molecule has 3 fully saturated rings. The van der Waals surface area contributed by atoms with Gasteiger partial charge in [-0.25, -0.2) is 13.1 Å². The van der Waals surface area contributed by atoms with Crippen molar-refractivity contribution in [1.29, 1.82) is 0 Å². The number of hydrogen-bond acceptors (Lipinski definition) is 5. The van der Waals surface area contributed by atoms with Gasteiger partial charge < -0.3 is 14.9 Å². The Balaban J connectivity index is 1.78. The molecule has 0 bridgehead atoms. The fourth-order valence-electron chi connectivity index (χ4n) is 2.67. The molecule has 3 aliphatic rings. The van der Waals surface area contributed by atoms with Gasteiger partial charge in [0.1, 0.15) is 17.8 Å². The highest BCUT2D eigenvalue weighted by Gasteiger charge is 2.76. The molecule has 1 unspecified atom stereocenters. The molecule has 0 aromatic carbocycles. The first-order chi connectivity index (χ1) is 7.29. The van der Waals surface area contributed by atoms with E-state index < -0.39 is 39.5 Å². The molecule has 1 saturated heterocycles. The summed E-state index contributed by atoms with van der Waals surface area (Å²) in [6.45, 7) is 0. The lowest BCUT2D eigenvalue weighted by Gasteiger charge is -2.14. The topological polar surface area (TPSA) is 95.9 Å². The lowest BCUT2D eigenvalue weighted by molar-refractivity contribution is -0.0283. The maximum absolute atomic E-state index is 11.1. The van der Waals surface area contributed by atoms with E-state index >= 15 is 0 Å². The molecule has 1 heterocycles. The number of sulfonamides is 1. The molecule has 0 radical (unpaired) electrons. The van der Waals surface area contributed by atoms with Crippen molar-refractivity contribution in [2.75, 3.05) is 6.26 Å². The zero-order chi connectivity index (χ0) is 11.8. The van der Waals surface area contributed by atoms with Gasteiger partial charge in [0.15, 0.2) is 0 Å². The molecule has 0 aromatic heterocycles. The van der Waals surface area contributed by atoms with Crippen LogP contribution in [-0.4, -0.2) is 54.3 Å². The van der Waals surface area contributed by atoms with Gasteiger partial charge in [0, 0.05) is 0 Å². The minimum Gasteiger partial charge on any atom is -0.387 e. The second-order valence-corrected chi connectivity index (χ2v) is 6.94. The van der Waals surface area contributed by atoms with Crippen molar-refractivity contribution in [3.63, 3.8) is 0 Å². The average Bonchev–Trinajstić information content (AvgIpc) is 3.01. The van der Waals surface area contributed by atoms with Gasteiger partial charge in [0.2, 0.25) is 10.0 Å². The van der Waals surface area contributed by atoms with Gasteiger partial charge in [-0.3, -0.25) is 0 Å². The maximum Gasteiger partial charge on any atom is 0.209 e. The molecule has 1 aliphatic heterocycles. The fraction of sp³-hybridized carbons (Fsp3) is 1.00. The molecule has 4 atom stereocenters. The molecule has 7 heteroatoms. The highest BCUT2D eigenvalue weighted by atomic mass is 32.2. The molecule has 2 saturated carbocycles. The van der Waals surface area contributed by atoms with E-state index in [1.807, 2.05) is 0 Å². The summed E-state index contributed by atoms with van der Waals surface area (Å²) >= 11 is 0. The Labute approximate surface area is 93.7 Å². The number of ether oxygens (including phenoxy) is 1. The number of aliphatic hydroxyl groups is 2. The van der Waals surface area contributed by atoms with Crippen molar-refractivity contribution >= 4 is 10.0 Å². The monoisotopic (exact) mass is 249 g/mol. The lowest BCUT2D eigenvalue weighted by Crippen LogP contribution is -2.39. The molecule has 2 spiro atoms. The first-order valence-electron chi connectivity index (χ1n) is 5.33. The number of rotatable bonds is 2. The Kier molecular flexibility index (Phi) is 1.90. The van der Waals surface area contributed by atoms with Crippen molar-refractivity contribution in [1.82, 2.24) is 4.72 Å². The Bertz CT molecular complexity index is 431. The number of nitrogens with one attached hydrogen (secondary N) is 1. The molecule has 3 N–H and O–H groups in total. The Morgan fingerprint density at radius 2 is 1.94 bits per heavy atom. The summed E-state index contributed by atoms with van der Waals surface area (Å²) in [6, 6.07) is -0.410. The second-order valence-electron chi connectivity index (χ2n) is 5.16. The summed E-state index contributed by atoms with van der Waals surface area (Å²) in [6.07, 6.45) is 1.09. The first kappa shape index (κ1) is 10.9. The average molecular weight is 249 g/mol. The largest absolute Gasteiger partial charge is 0.387 e. The molecule has 6 nitrogen and oxygen atoms in total. The molecule has 0 aromatic rings. The van der Waals surface area contributed by atoms with Crippen LogP contribution >= 0.6 is 0 Å². The van der Waals surface area contributed by atoms with Crippen LogP contribution < -0.4 is 4.72 Å². The standard InChI is InChI=1S/C9H15NO5S/c1-16(13,14)10-5-4-9(5)7(12)6(11)8(15-9)2-3-8/h5-7,10-12H,2-4H2,1H3/t5-,6-,7+,9?/m1/s1. The maximum atomic E-state index is 11.1. The van der Waals surface area contributed by atoms with Crippen LogP contribution in [0.15, 0.2) is 0 Å². The summed E-state index contributed by atoms with van der Waals surface area (Å²) in [7, 11) is -3.30. The van der Waals surface area contributed by atoms with Crippen LogP contribution in [0, 0.1) is 0 Å². The van der Waals surface area contributed by atoms with Gasteiger partial charge in [-0.05, 0) is 19.3 Å². The number of aliphatic hydroxyl groups excluding tert-OH is 2. The van der Waals surface area contributed by atoms with E-state index in [9.17, 15) is 18.6 Å². The minimum absolute atomic E-state index is 0.410. The van der Waals surface area contributed by atoms with Crippen LogP contribution in [0.5, 0.6) is 0 Å². The van der Waals surface area contributed by atoms with Crippen LogP contribution in [-0.2, 0) is 14.8 Å². The zero-order valence-electron chi connectivity index (χ0n) is 8.88. The first-order valence-corrected chi connectivity index (χ1v) is 7.22. The van der Waals surface area contributed by atoms with Crippen LogP contribution in [0.25, 0.3) is 0 Å². The van der Waals surface area contributed by atoms with Gasteiger partial charge >= 0.3 is 0 Å². The SMILES string of the molecule is CS(=O)(=O)N[C@@H]1CC12OC1(CC1)[C@H](O)[C@@H]2O. The zero-order valence-corrected chi connectivity index (χ0v) is 9.70. The third kappa shape index (κ3) is 1.36. The van der Waals surface area contributed by atoms with E-state index in [4.69, 9.17) is 4.74 Å². The van der Waals surface area contributed by atoms with Gasteiger partial charge in [0.05, 0.1) is 17.9 Å². The van der Waals surface area contributed by atoms with Crippen LogP contribution in [0.4, 0.5) is 0 Å². The second kappa shape index (κ2) is 2.78. The number of hydrogen-bond donors (Lipinski definition) is 3. The van der Waals surface area contributed by atoms with Crippen molar-refractivity contribution in [2.24, 2.45) is 0 Å². The summed E-state index contributed by atoms with van der Waals surface area (Å²) < 4.78 is 30.3. The Morgan fingerprint density at radius 1 is 1.31 bits per heavy atom. The lowest BCUT2D eigenvalue weighted by atomic mass is 10.1. The van der Waals surface area contributed by atoms with E-state index in [1.54, 1.807) is 0 Å². The Hall–Kier alpha value is -0.210. The van der Waals surface area contributed by atoms with Gasteiger partial charge in [-0.2, -0.15) is 0 Å². The molecular weight excluding hydrogens is 234 g/mol. The highest BCUT2D eigenvalue weighted by Crippen LogP contribution is 2.61. The van der Waals surface area contributed by atoms with Crippen LogP contribution in [0.2, 0.25) is 0 Å². The van der Waals surface area contributed by atoms with E-state index in [1.165, 1.54) is 0 Å². The predicted octanol–water partition coefficient (Wildman–Crippen LogP) is -1.67. The molecule has 2 aliphatic carbocycles. The summed E-state index contributed by atoms with van der Waals surface area (Å²) in [5.74, 6) is 0. The van der Waals surface area contributed by atoms with Gasteiger partial charge in [0.25, 0.3) is 0 Å². The molecular formula is C9H15NO5S. The van der Waals surface area contributed by atoms with Crippen molar-refractivity contribution in [3.8, 4) is 0 Å². The molecule has 16 heavy (non-hydrogen) atoms. The highest BCUT2D eigenvalue weighted by molar-refractivity contribution is 7.88. The van der Waals surface area contributed by atoms with E-state index in [0.717, 1.165) is 19.1 Å². The van der Waals surface area contributed by atoms with Crippen molar-refractivity contribution < 1.29 is 23.4 Å². The Morgan fingerprint density at radius 3 is 2.38 bits per heavy atom. The quantitative estimate of drug-likeness (QED) is 0.544. The third-order valence-corrected chi connectivity index (χ3v) is 4.50. The minimum atomic E-state index is -3.30. The normalized spacial score (nSPS) is 48.8. The van der Waals surface area contributed by atoms with E-state index in [-0.39, 0.29) is 0 Å². The fourth-order valence-corrected chi connectivity index (χ4v) is 3.47. The van der Waals surface area contributed by atoms with Gasteiger partial charge in [-0.1, -0.05) is 0 Å². The smallest absolute Gasteiger partial charge is 0.209 e. The molecule has 3 rings (SSSR count). The molecule has 0 amide bonds. The summed E-state index contributed by atoms with van der Waals surface area (Å²) in [5.41, 5.74) is -1.49. The van der Waals surface area contributed by atoms with Crippen LogP contribution in [0.3, 0.4) is 0 Å². The van der Waals surface area contributed by atoms with Gasteiger partial charge in [-0.15, -0.1) is 0 Å².